The van der Waals surface area contributed by atoms with Gasteiger partial charge in [0, 0.05) is 37.9 Å². The first-order chi connectivity index (χ1) is 10.4. The smallest absolute Gasteiger partial charge is 0.243 e. The summed E-state index contributed by atoms with van der Waals surface area (Å²) in [5.41, 5.74) is 8.24. The number of benzene rings is 1. The number of rotatable bonds is 2. The van der Waals surface area contributed by atoms with Gasteiger partial charge in [0.2, 0.25) is 10.0 Å². The lowest BCUT2D eigenvalue weighted by molar-refractivity contribution is 0.247. The number of fused-ring (bicyclic) bond motifs is 1. The van der Waals surface area contributed by atoms with Crippen molar-refractivity contribution in [1.29, 1.82) is 0 Å². The quantitative estimate of drug-likeness (QED) is 0.897. The summed E-state index contributed by atoms with van der Waals surface area (Å²) in [6, 6.07) is 5.64. The van der Waals surface area contributed by atoms with Crippen molar-refractivity contribution in [2.24, 2.45) is 5.73 Å². The Kier molecular flexibility index (Phi) is 4.18. The topological polar surface area (TPSA) is 66.6 Å². The van der Waals surface area contributed by atoms with Gasteiger partial charge in [0.15, 0.2) is 0 Å². The molecule has 22 heavy (non-hydrogen) atoms. The predicted molar refractivity (Wildman–Crippen MR) is 88.6 cm³/mol. The zero-order valence-corrected chi connectivity index (χ0v) is 14.1. The maximum atomic E-state index is 13.0. The molecule has 1 aromatic rings. The first-order valence-electron chi connectivity index (χ1n) is 8.01. The zero-order valence-electron chi connectivity index (χ0n) is 13.3. The molecule has 0 aliphatic carbocycles. The number of hydrogen-bond acceptors (Lipinski definition) is 4. The molecule has 2 heterocycles. The number of piperidine rings is 1. The Morgan fingerprint density at radius 2 is 2.05 bits per heavy atom. The Morgan fingerprint density at radius 3 is 2.77 bits per heavy atom. The lowest BCUT2D eigenvalue weighted by Crippen LogP contribution is -2.48. The van der Waals surface area contributed by atoms with E-state index < -0.39 is 10.0 Å². The molecule has 0 aromatic heterocycles. The van der Waals surface area contributed by atoms with Crippen molar-refractivity contribution in [1.82, 2.24) is 4.31 Å². The molecular formula is C16H25N3O2S. The molecule has 0 bridgehead atoms. The van der Waals surface area contributed by atoms with E-state index in [-0.39, 0.29) is 12.1 Å². The highest BCUT2D eigenvalue weighted by atomic mass is 32.2. The van der Waals surface area contributed by atoms with Crippen LogP contribution in [0.1, 0.15) is 31.7 Å². The first kappa shape index (κ1) is 15.8. The van der Waals surface area contributed by atoms with Crippen LogP contribution >= 0.6 is 0 Å². The highest BCUT2D eigenvalue weighted by Gasteiger charge is 2.34. The number of sulfonamides is 1. The van der Waals surface area contributed by atoms with Crippen molar-refractivity contribution >= 4 is 15.7 Å². The number of anilines is 1. The van der Waals surface area contributed by atoms with Crippen molar-refractivity contribution in [3.63, 3.8) is 0 Å². The normalized spacial score (nSPS) is 26.8. The summed E-state index contributed by atoms with van der Waals surface area (Å²) in [5.74, 6) is 0. The van der Waals surface area contributed by atoms with Crippen LogP contribution in [0.25, 0.3) is 0 Å². The summed E-state index contributed by atoms with van der Waals surface area (Å²) in [4.78, 5) is 2.55. The lowest BCUT2D eigenvalue weighted by Gasteiger charge is -2.35. The Labute approximate surface area is 133 Å². The fraction of sp³-hybridized carbons (Fsp3) is 0.625. The van der Waals surface area contributed by atoms with Crippen LogP contribution in [0.15, 0.2) is 23.1 Å². The maximum Gasteiger partial charge on any atom is 0.243 e. The molecule has 2 aliphatic rings. The summed E-state index contributed by atoms with van der Waals surface area (Å²) in [7, 11) is -1.42. The summed E-state index contributed by atoms with van der Waals surface area (Å²) < 4.78 is 27.5. The molecule has 0 spiro atoms. The van der Waals surface area contributed by atoms with E-state index in [0.29, 0.717) is 11.4 Å². The molecule has 0 radical (unpaired) electrons. The highest BCUT2D eigenvalue weighted by Crippen LogP contribution is 2.31. The molecule has 0 unspecified atom stereocenters. The Balaban J connectivity index is 1.94. The van der Waals surface area contributed by atoms with Gasteiger partial charge in [-0.15, -0.1) is 0 Å². The van der Waals surface area contributed by atoms with Gasteiger partial charge in [-0.1, -0.05) is 6.07 Å². The average Bonchev–Trinajstić information content (AvgIpc) is 2.47. The van der Waals surface area contributed by atoms with E-state index in [4.69, 9.17) is 5.73 Å². The largest absolute Gasteiger partial charge is 0.374 e. The number of hydrogen-bond donors (Lipinski definition) is 1. The minimum absolute atomic E-state index is 0.0393. The van der Waals surface area contributed by atoms with Gasteiger partial charge in [0.05, 0.1) is 4.90 Å². The van der Waals surface area contributed by atoms with E-state index >= 15 is 0 Å². The van der Waals surface area contributed by atoms with Crippen molar-refractivity contribution in [2.45, 2.75) is 49.6 Å². The summed E-state index contributed by atoms with van der Waals surface area (Å²) in [5, 5.41) is 0. The molecule has 2 aliphatic heterocycles. The van der Waals surface area contributed by atoms with Crippen molar-refractivity contribution in [3.8, 4) is 0 Å². The van der Waals surface area contributed by atoms with Gasteiger partial charge in [-0.3, -0.25) is 0 Å². The molecule has 1 aromatic carbocycles. The van der Waals surface area contributed by atoms with Gasteiger partial charge < -0.3 is 10.6 Å². The predicted octanol–water partition coefficient (Wildman–Crippen LogP) is 1.57. The van der Waals surface area contributed by atoms with Gasteiger partial charge in [-0.05, 0) is 50.3 Å². The van der Waals surface area contributed by atoms with E-state index in [1.807, 2.05) is 26.1 Å². The maximum absolute atomic E-state index is 13.0. The average molecular weight is 323 g/mol. The lowest BCUT2D eigenvalue weighted by atomic mass is 10.0. The molecule has 0 saturated carbocycles. The van der Waals surface area contributed by atoms with Crippen LogP contribution in [-0.2, 0) is 16.4 Å². The second-order valence-electron chi connectivity index (χ2n) is 6.56. The van der Waals surface area contributed by atoms with Crippen LogP contribution in [0.4, 0.5) is 5.69 Å². The molecule has 5 nitrogen and oxygen atoms in total. The standard InChI is InChI=1S/C16H25N3O2S/c1-12-10-14(17)7-9-19(12)22(20,21)15-6-5-13-4-3-8-18(2)16(13)11-15/h5-6,11-12,14H,3-4,7-10,17H2,1-2H3/t12-,14+/m0/s1. The first-order valence-corrected chi connectivity index (χ1v) is 9.45. The molecule has 1 saturated heterocycles. The third-order valence-electron chi connectivity index (χ3n) is 4.87. The monoisotopic (exact) mass is 323 g/mol. The second-order valence-corrected chi connectivity index (χ2v) is 8.46. The molecule has 3 rings (SSSR count). The Bertz CT molecular complexity index is 659. The molecule has 1 fully saturated rings. The molecule has 0 amide bonds. The number of nitrogens with zero attached hydrogens (tertiary/aromatic N) is 2. The molecule has 2 N–H and O–H groups in total. The van der Waals surface area contributed by atoms with E-state index in [2.05, 4.69) is 4.90 Å². The number of aryl methyl sites for hydroxylation is 1. The van der Waals surface area contributed by atoms with Crippen molar-refractivity contribution in [3.05, 3.63) is 23.8 Å². The zero-order chi connectivity index (χ0) is 15.9. The minimum Gasteiger partial charge on any atom is -0.374 e. The summed E-state index contributed by atoms with van der Waals surface area (Å²) in [6.45, 7) is 3.43. The van der Waals surface area contributed by atoms with E-state index in [0.717, 1.165) is 37.9 Å². The Morgan fingerprint density at radius 1 is 1.27 bits per heavy atom. The fourth-order valence-corrected chi connectivity index (χ4v) is 5.25. The van der Waals surface area contributed by atoms with Crippen molar-refractivity contribution in [2.75, 3.05) is 25.0 Å². The SMILES string of the molecule is C[C@H]1C[C@H](N)CCN1S(=O)(=O)c1ccc2c(c1)N(C)CCC2. The molecule has 122 valence electrons. The molecule has 6 heteroatoms. The third-order valence-corrected chi connectivity index (χ3v) is 6.88. The van der Waals surface area contributed by atoms with E-state index in [1.165, 1.54) is 5.56 Å². The fourth-order valence-electron chi connectivity index (χ4n) is 3.58. The van der Waals surface area contributed by atoms with E-state index in [1.54, 1.807) is 10.4 Å². The highest BCUT2D eigenvalue weighted by molar-refractivity contribution is 7.89. The minimum atomic E-state index is -3.44. The third kappa shape index (κ3) is 2.75. The van der Waals surface area contributed by atoms with Crippen molar-refractivity contribution < 1.29 is 8.42 Å². The van der Waals surface area contributed by atoms with Crippen LogP contribution in [0, 0.1) is 0 Å². The van der Waals surface area contributed by atoms with Crippen LogP contribution < -0.4 is 10.6 Å². The molecular weight excluding hydrogens is 298 g/mol. The van der Waals surface area contributed by atoms with Gasteiger partial charge in [-0.2, -0.15) is 4.31 Å². The van der Waals surface area contributed by atoms with Gasteiger partial charge in [0.1, 0.15) is 0 Å². The number of nitrogens with two attached hydrogens (primary N) is 1. The van der Waals surface area contributed by atoms with Gasteiger partial charge in [-0.25, -0.2) is 8.42 Å². The van der Waals surface area contributed by atoms with E-state index in [9.17, 15) is 8.42 Å². The van der Waals surface area contributed by atoms with Crippen LogP contribution in [0.2, 0.25) is 0 Å². The van der Waals surface area contributed by atoms with Gasteiger partial charge in [0.25, 0.3) is 0 Å². The second kappa shape index (κ2) is 5.83. The Hall–Kier alpha value is -1.11. The molecule has 2 atom stereocenters. The van der Waals surface area contributed by atoms with Crippen LogP contribution in [0.3, 0.4) is 0 Å². The van der Waals surface area contributed by atoms with Gasteiger partial charge >= 0.3 is 0 Å². The van der Waals surface area contributed by atoms with Crippen LogP contribution in [-0.4, -0.2) is 44.9 Å². The summed E-state index contributed by atoms with van der Waals surface area (Å²) in [6.07, 6.45) is 3.60. The van der Waals surface area contributed by atoms with Crippen LogP contribution in [0.5, 0.6) is 0 Å². The summed E-state index contributed by atoms with van der Waals surface area (Å²) >= 11 is 0.